The van der Waals surface area contributed by atoms with Crippen LogP contribution in [0.4, 0.5) is 0 Å². The molecule has 0 radical (unpaired) electrons. The summed E-state index contributed by atoms with van der Waals surface area (Å²) in [5.41, 5.74) is 1.23. The van der Waals surface area contributed by atoms with E-state index >= 15 is 0 Å². The molecule has 0 saturated carbocycles. The number of hydrogen-bond acceptors (Lipinski definition) is 4. The first-order valence-electron chi connectivity index (χ1n) is 10.4. The first-order chi connectivity index (χ1) is 13.6. The third kappa shape index (κ3) is 4.85. The number of likely N-dealkylation sites (tertiary alicyclic amines) is 1. The average molecular weight is 388 g/mol. The molecule has 0 amide bonds. The Balaban J connectivity index is 1.70. The van der Waals surface area contributed by atoms with Crippen molar-refractivity contribution in [2.45, 2.75) is 32.8 Å². The Morgan fingerprint density at radius 3 is 2.82 bits per heavy atom. The minimum Gasteiger partial charge on any atom is -0.469 e. The molecular formula is C22H33N3O3. The van der Waals surface area contributed by atoms with E-state index in [1.807, 2.05) is 6.07 Å². The number of nitrogens with one attached hydrogen (secondary N) is 1. The first kappa shape index (κ1) is 20.6. The number of esters is 1. The second-order valence-corrected chi connectivity index (χ2v) is 7.81. The van der Waals surface area contributed by atoms with Gasteiger partial charge in [-0.3, -0.25) is 9.79 Å². The summed E-state index contributed by atoms with van der Waals surface area (Å²) < 4.78 is 11.1. The fourth-order valence-corrected chi connectivity index (χ4v) is 4.27. The number of carbonyl (C=O) groups excluding carboxylic acids is 1. The van der Waals surface area contributed by atoms with Gasteiger partial charge in [-0.1, -0.05) is 37.3 Å². The zero-order chi connectivity index (χ0) is 19.9. The lowest BCUT2D eigenvalue weighted by Crippen LogP contribution is -2.41. The highest BCUT2D eigenvalue weighted by Crippen LogP contribution is 2.34. The van der Waals surface area contributed by atoms with Gasteiger partial charge in [-0.15, -0.1) is 0 Å². The molecule has 0 spiro atoms. The molecule has 6 nitrogen and oxygen atoms in total. The van der Waals surface area contributed by atoms with E-state index in [0.717, 1.165) is 45.0 Å². The zero-order valence-corrected chi connectivity index (χ0v) is 17.3. The normalized spacial score (nSPS) is 28.2. The summed E-state index contributed by atoms with van der Waals surface area (Å²) in [6, 6.07) is 10.4. The second kappa shape index (κ2) is 9.92. The first-order valence-corrected chi connectivity index (χ1v) is 10.4. The van der Waals surface area contributed by atoms with Crippen LogP contribution >= 0.6 is 0 Å². The van der Waals surface area contributed by atoms with E-state index in [9.17, 15) is 4.79 Å². The number of benzene rings is 1. The number of carbonyl (C=O) groups is 1. The summed E-state index contributed by atoms with van der Waals surface area (Å²) in [7, 11) is 1.46. The predicted octanol–water partition coefficient (Wildman–Crippen LogP) is 2.86. The lowest BCUT2D eigenvalue weighted by molar-refractivity contribution is -0.145. The monoisotopic (exact) mass is 387 g/mol. The van der Waals surface area contributed by atoms with Crippen LogP contribution in [0.25, 0.3) is 0 Å². The Morgan fingerprint density at radius 2 is 2.11 bits per heavy atom. The molecule has 2 aliphatic heterocycles. The fraction of sp³-hybridized carbons (Fsp3) is 0.636. The van der Waals surface area contributed by atoms with Crippen molar-refractivity contribution in [3.05, 3.63) is 35.9 Å². The van der Waals surface area contributed by atoms with Crippen molar-refractivity contribution >= 4 is 11.9 Å². The van der Waals surface area contributed by atoms with Gasteiger partial charge >= 0.3 is 5.97 Å². The van der Waals surface area contributed by atoms with Gasteiger partial charge in [-0.25, -0.2) is 0 Å². The molecule has 1 aromatic carbocycles. The Morgan fingerprint density at radius 1 is 1.32 bits per heavy atom. The van der Waals surface area contributed by atoms with E-state index in [-0.39, 0.29) is 23.9 Å². The van der Waals surface area contributed by atoms with Gasteiger partial charge in [0, 0.05) is 38.7 Å². The van der Waals surface area contributed by atoms with Crippen LogP contribution in [0.3, 0.4) is 0 Å². The predicted molar refractivity (Wildman–Crippen MR) is 110 cm³/mol. The molecule has 28 heavy (non-hydrogen) atoms. The van der Waals surface area contributed by atoms with Crippen molar-refractivity contribution in [3.63, 3.8) is 0 Å². The third-order valence-electron chi connectivity index (χ3n) is 5.80. The zero-order valence-electron chi connectivity index (χ0n) is 17.3. The number of guanidine groups is 1. The van der Waals surface area contributed by atoms with E-state index in [2.05, 4.69) is 48.3 Å². The highest BCUT2D eigenvalue weighted by Gasteiger charge is 2.37. The summed E-state index contributed by atoms with van der Waals surface area (Å²) in [5, 5.41) is 3.40. The summed E-state index contributed by atoms with van der Waals surface area (Å²) in [6.07, 6.45) is 2.29. The highest BCUT2D eigenvalue weighted by molar-refractivity contribution is 5.82. The summed E-state index contributed by atoms with van der Waals surface area (Å²) in [6.45, 7) is 7.97. The minimum atomic E-state index is -0.129. The van der Waals surface area contributed by atoms with Gasteiger partial charge in [-0.05, 0) is 31.2 Å². The number of hydrogen-bond donors (Lipinski definition) is 1. The largest absolute Gasteiger partial charge is 0.469 e. The summed E-state index contributed by atoms with van der Waals surface area (Å²) in [4.78, 5) is 19.2. The number of nitrogens with zero attached hydrogens (tertiary/aromatic N) is 2. The van der Waals surface area contributed by atoms with Gasteiger partial charge in [0.05, 0.1) is 19.1 Å². The molecule has 2 aliphatic rings. The van der Waals surface area contributed by atoms with Crippen molar-refractivity contribution in [1.82, 2.24) is 10.2 Å². The fourth-order valence-electron chi connectivity index (χ4n) is 4.27. The van der Waals surface area contributed by atoms with Crippen molar-refractivity contribution < 1.29 is 14.3 Å². The van der Waals surface area contributed by atoms with E-state index in [1.165, 1.54) is 12.7 Å². The number of aliphatic imine (C=N–C) groups is 1. The molecule has 6 heteroatoms. The maximum Gasteiger partial charge on any atom is 0.310 e. The van der Waals surface area contributed by atoms with Crippen LogP contribution in [0.1, 0.15) is 38.4 Å². The average Bonchev–Trinajstić information content (AvgIpc) is 3.13. The van der Waals surface area contributed by atoms with Crippen molar-refractivity contribution in [2.24, 2.45) is 22.7 Å². The quantitative estimate of drug-likeness (QED) is 0.478. The molecule has 2 heterocycles. The molecule has 154 valence electrons. The third-order valence-corrected chi connectivity index (χ3v) is 5.80. The van der Waals surface area contributed by atoms with Gasteiger partial charge < -0.3 is 19.7 Å². The van der Waals surface area contributed by atoms with Crippen LogP contribution in [-0.4, -0.2) is 56.7 Å². The molecule has 0 aromatic heterocycles. The number of methoxy groups -OCH3 is 1. The van der Waals surface area contributed by atoms with E-state index in [0.29, 0.717) is 12.5 Å². The van der Waals surface area contributed by atoms with Gasteiger partial charge in [0.25, 0.3) is 0 Å². The van der Waals surface area contributed by atoms with Crippen molar-refractivity contribution in [2.75, 3.05) is 39.9 Å². The smallest absolute Gasteiger partial charge is 0.310 e. The van der Waals surface area contributed by atoms with Gasteiger partial charge in [-0.2, -0.15) is 0 Å². The van der Waals surface area contributed by atoms with Gasteiger partial charge in [0.1, 0.15) is 0 Å². The maximum atomic E-state index is 12.0. The van der Waals surface area contributed by atoms with Crippen molar-refractivity contribution in [1.29, 1.82) is 0 Å². The molecule has 0 aliphatic carbocycles. The molecule has 3 rings (SSSR count). The Hall–Kier alpha value is -2.08. The SMILES string of the molecule is CCNC(=NCC1CCCOC1c1ccccc1)N1CC(C)C(C(=O)OC)C1. The van der Waals surface area contributed by atoms with E-state index in [4.69, 9.17) is 14.5 Å². The van der Waals surface area contributed by atoms with E-state index in [1.54, 1.807) is 0 Å². The molecule has 0 bridgehead atoms. The molecule has 2 saturated heterocycles. The summed E-state index contributed by atoms with van der Waals surface area (Å²) >= 11 is 0. The molecule has 4 unspecified atom stereocenters. The lowest BCUT2D eigenvalue weighted by Gasteiger charge is -2.32. The Labute approximate surface area is 168 Å². The topological polar surface area (TPSA) is 63.2 Å². The van der Waals surface area contributed by atoms with Crippen LogP contribution in [0.5, 0.6) is 0 Å². The van der Waals surface area contributed by atoms with Crippen molar-refractivity contribution in [3.8, 4) is 0 Å². The molecule has 1 N–H and O–H groups in total. The molecular weight excluding hydrogens is 354 g/mol. The molecule has 4 atom stereocenters. The Kier molecular flexibility index (Phi) is 7.31. The van der Waals surface area contributed by atoms with Crippen LogP contribution < -0.4 is 5.32 Å². The maximum absolute atomic E-state index is 12.0. The number of rotatable bonds is 5. The minimum absolute atomic E-state index is 0.0936. The standard InChI is InChI=1S/C22H33N3O3/c1-4-23-22(25-14-16(2)19(15-25)21(26)27-3)24-13-18-11-8-12-28-20(18)17-9-6-5-7-10-17/h5-7,9-10,16,18-20H,4,8,11-15H2,1-3H3,(H,23,24). The van der Waals surface area contributed by atoms with E-state index < -0.39 is 0 Å². The highest BCUT2D eigenvalue weighted by atomic mass is 16.5. The van der Waals surface area contributed by atoms with Crippen LogP contribution in [0.2, 0.25) is 0 Å². The lowest BCUT2D eigenvalue weighted by atomic mass is 9.89. The Bertz CT molecular complexity index is 664. The van der Waals surface area contributed by atoms with Gasteiger partial charge in [0.15, 0.2) is 5.96 Å². The second-order valence-electron chi connectivity index (χ2n) is 7.81. The molecule has 1 aromatic rings. The van der Waals surface area contributed by atoms with Crippen LogP contribution in [0, 0.1) is 17.8 Å². The molecule has 2 fully saturated rings. The van der Waals surface area contributed by atoms with Gasteiger partial charge in [0.2, 0.25) is 0 Å². The van der Waals surface area contributed by atoms with Crippen LogP contribution in [-0.2, 0) is 14.3 Å². The summed E-state index contributed by atoms with van der Waals surface area (Å²) in [5.74, 6) is 1.28. The number of ether oxygens (including phenoxy) is 2. The van der Waals surface area contributed by atoms with Crippen LogP contribution in [0.15, 0.2) is 35.3 Å².